The van der Waals surface area contributed by atoms with Gasteiger partial charge < -0.3 is 14.6 Å². The quantitative estimate of drug-likeness (QED) is 0.360. The number of ether oxygens (including phenoxy) is 1. The van der Waals surface area contributed by atoms with Crippen molar-refractivity contribution in [3.05, 3.63) is 64.6 Å². The molecule has 1 fully saturated rings. The zero-order valence-corrected chi connectivity index (χ0v) is 20.1. The Kier molecular flexibility index (Phi) is 5.79. The fraction of sp³-hybridized carbons (Fsp3) is 0.320. The predicted molar refractivity (Wildman–Crippen MR) is 127 cm³/mol. The lowest BCUT2D eigenvalue weighted by Crippen LogP contribution is -2.33. The molecule has 0 bridgehead atoms. The van der Waals surface area contributed by atoms with Crippen LogP contribution in [0.15, 0.2) is 42.5 Å². The van der Waals surface area contributed by atoms with E-state index >= 15 is 0 Å². The number of nitrogens with zero attached hydrogens (tertiary/aromatic N) is 3. The zero-order valence-electron chi connectivity index (χ0n) is 19.3. The molecule has 1 aliphatic rings. The molecule has 1 amide bonds. The molecule has 0 radical (unpaired) electrons. The molecule has 1 saturated heterocycles. The third-order valence-corrected chi connectivity index (χ3v) is 7.37. The Hall–Kier alpha value is -3.40. The van der Waals surface area contributed by atoms with E-state index in [0.29, 0.717) is 40.6 Å². The van der Waals surface area contributed by atoms with Crippen LogP contribution in [0.2, 0.25) is 0 Å². The number of aromatic nitrogens is 3. The molecule has 2 atom stereocenters. The summed E-state index contributed by atoms with van der Waals surface area (Å²) < 4.78 is 46.1. The minimum atomic E-state index is -4.52. The van der Waals surface area contributed by atoms with Crippen molar-refractivity contribution in [3.63, 3.8) is 0 Å². The Morgan fingerprint density at radius 1 is 1.17 bits per heavy atom. The number of hydrogen-bond acceptors (Lipinski definition) is 5. The number of thiazole rings is 1. The largest absolute Gasteiger partial charge is 0.496 e. The molecule has 1 N–H and O–H groups in total. The van der Waals surface area contributed by atoms with Crippen molar-refractivity contribution in [3.8, 4) is 16.2 Å². The number of carbonyl (C=O) groups is 1. The molecule has 2 aromatic carbocycles. The maximum absolute atomic E-state index is 13.8. The summed E-state index contributed by atoms with van der Waals surface area (Å²) in [4.78, 5) is 28.1. The highest BCUT2D eigenvalue weighted by atomic mass is 32.1. The van der Waals surface area contributed by atoms with Gasteiger partial charge in [0, 0.05) is 12.1 Å². The number of alkyl halides is 3. The van der Waals surface area contributed by atoms with E-state index in [1.165, 1.54) is 17.4 Å². The number of amides is 1. The van der Waals surface area contributed by atoms with Gasteiger partial charge in [-0.1, -0.05) is 25.1 Å². The number of para-hydroxylation sites is 2. The van der Waals surface area contributed by atoms with Gasteiger partial charge in [-0.3, -0.25) is 4.79 Å². The summed E-state index contributed by atoms with van der Waals surface area (Å²) in [7, 11) is 1.57. The number of carbonyl (C=O) groups excluding carboxylic acids is 1. The van der Waals surface area contributed by atoms with E-state index in [1.54, 1.807) is 18.1 Å². The smallest absolute Gasteiger partial charge is 0.418 e. The molecule has 5 rings (SSSR count). The summed E-state index contributed by atoms with van der Waals surface area (Å²) in [6, 6.07) is 10.9. The highest BCUT2D eigenvalue weighted by molar-refractivity contribution is 7.15. The Morgan fingerprint density at radius 3 is 2.69 bits per heavy atom. The first kappa shape index (κ1) is 23.3. The van der Waals surface area contributed by atoms with E-state index in [9.17, 15) is 18.0 Å². The van der Waals surface area contributed by atoms with Crippen LogP contribution in [-0.2, 0) is 6.18 Å². The van der Waals surface area contributed by atoms with Gasteiger partial charge in [0.15, 0.2) is 0 Å². The average Bonchev–Trinajstić information content (AvgIpc) is 3.53. The first-order valence-electron chi connectivity index (χ1n) is 11.2. The van der Waals surface area contributed by atoms with Crippen LogP contribution in [0, 0.1) is 12.8 Å². The van der Waals surface area contributed by atoms with Crippen molar-refractivity contribution >= 4 is 28.3 Å². The van der Waals surface area contributed by atoms with Crippen LogP contribution in [0.5, 0.6) is 5.75 Å². The van der Waals surface area contributed by atoms with Crippen molar-refractivity contribution in [1.29, 1.82) is 0 Å². The second-order valence-corrected chi connectivity index (χ2v) is 9.84. The van der Waals surface area contributed by atoms with Crippen molar-refractivity contribution in [2.24, 2.45) is 5.92 Å². The van der Waals surface area contributed by atoms with Crippen LogP contribution in [0.4, 0.5) is 13.2 Å². The molecule has 35 heavy (non-hydrogen) atoms. The fourth-order valence-corrected chi connectivity index (χ4v) is 5.68. The van der Waals surface area contributed by atoms with Crippen LogP contribution in [0.1, 0.15) is 46.3 Å². The highest BCUT2D eigenvalue weighted by Crippen LogP contribution is 2.42. The second kappa shape index (κ2) is 8.67. The van der Waals surface area contributed by atoms with Gasteiger partial charge in [0.1, 0.15) is 22.8 Å². The summed E-state index contributed by atoms with van der Waals surface area (Å²) in [5.41, 5.74) is 0.436. The number of likely N-dealkylation sites (tertiary alicyclic amines) is 1. The van der Waals surface area contributed by atoms with E-state index in [4.69, 9.17) is 4.74 Å². The minimum Gasteiger partial charge on any atom is -0.496 e. The number of halogens is 3. The SMILES string of the molecule is COc1ccccc1-c1sc(C)nc1C(=O)N1CC[C@H](C)[C@H]1c1nc2c(C(F)(F)F)cccc2[nH]1. The lowest BCUT2D eigenvalue weighted by atomic mass is 10.0. The molecule has 6 nitrogen and oxygen atoms in total. The lowest BCUT2D eigenvalue weighted by molar-refractivity contribution is -0.136. The molecule has 0 unspecified atom stereocenters. The van der Waals surface area contributed by atoms with Crippen LogP contribution in [0.3, 0.4) is 0 Å². The maximum Gasteiger partial charge on any atom is 0.418 e. The standard InChI is InChI=1S/C25H23F3N4O2S/c1-13-11-12-32(21(13)23-30-17-9-6-8-16(19(17)31-23)25(26,27)28)24(33)20-22(35-14(2)29-20)15-7-4-5-10-18(15)34-3/h4-10,13,21H,11-12H2,1-3H3,(H,30,31)/t13-,21-/m0/s1. The molecular weight excluding hydrogens is 477 g/mol. The molecule has 0 aliphatic carbocycles. The molecule has 0 saturated carbocycles. The van der Waals surface area contributed by atoms with Crippen molar-refractivity contribution in [2.75, 3.05) is 13.7 Å². The predicted octanol–water partition coefficient (Wildman–Crippen LogP) is 6.25. The normalized spacial score (nSPS) is 18.4. The molecule has 0 spiro atoms. The highest BCUT2D eigenvalue weighted by Gasteiger charge is 2.41. The minimum absolute atomic E-state index is 0.00305. The number of benzene rings is 2. The average molecular weight is 501 g/mol. The van der Waals surface area contributed by atoms with Gasteiger partial charge in [-0.25, -0.2) is 9.97 Å². The van der Waals surface area contributed by atoms with Crippen molar-refractivity contribution in [2.45, 2.75) is 32.5 Å². The van der Waals surface area contributed by atoms with Crippen LogP contribution >= 0.6 is 11.3 Å². The zero-order chi connectivity index (χ0) is 24.9. The van der Waals surface area contributed by atoms with E-state index in [1.807, 2.05) is 38.1 Å². The third-order valence-electron chi connectivity index (χ3n) is 6.37. The molecule has 10 heteroatoms. The monoisotopic (exact) mass is 500 g/mol. The molecule has 1 aliphatic heterocycles. The Labute approximate surface area is 203 Å². The van der Waals surface area contributed by atoms with Gasteiger partial charge in [0.05, 0.1) is 34.1 Å². The van der Waals surface area contributed by atoms with Gasteiger partial charge in [0.2, 0.25) is 0 Å². The lowest BCUT2D eigenvalue weighted by Gasteiger charge is -2.25. The summed E-state index contributed by atoms with van der Waals surface area (Å²) >= 11 is 1.40. The Balaban J connectivity index is 1.56. The summed E-state index contributed by atoms with van der Waals surface area (Å²) in [6.07, 6.45) is -3.82. The van der Waals surface area contributed by atoms with E-state index in [0.717, 1.165) is 16.6 Å². The number of fused-ring (bicyclic) bond motifs is 1. The maximum atomic E-state index is 13.8. The van der Waals surface area contributed by atoms with E-state index < -0.39 is 17.8 Å². The first-order valence-corrected chi connectivity index (χ1v) is 12.0. The summed E-state index contributed by atoms with van der Waals surface area (Å²) in [5, 5.41) is 0.733. The molecule has 2 aromatic heterocycles. The number of H-pyrrole nitrogens is 1. The number of aromatic amines is 1. The first-order chi connectivity index (χ1) is 16.7. The summed E-state index contributed by atoms with van der Waals surface area (Å²) in [6.45, 7) is 4.27. The van der Waals surface area contributed by atoms with Gasteiger partial charge >= 0.3 is 6.18 Å². The molecule has 3 heterocycles. The number of methoxy groups -OCH3 is 1. The molecular formula is C25H23F3N4O2S. The summed E-state index contributed by atoms with van der Waals surface area (Å²) in [5.74, 6) is 0.707. The van der Waals surface area contributed by atoms with E-state index in [-0.39, 0.29) is 17.3 Å². The van der Waals surface area contributed by atoms with Crippen molar-refractivity contribution < 1.29 is 22.7 Å². The van der Waals surface area contributed by atoms with Crippen LogP contribution < -0.4 is 4.74 Å². The molecule has 4 aromatic rings. The van der Waals surface area contributed by atoms with Crippen LogP contribution in [-0.4, -0.2) is 39.4 Å². The van der Waals surface area contributed by atoms with Crippen molar-refractivity contribution in [1.82, 2.24) is 19.9 Å². The van der Waals surface area contributed by atoms with Gasteiger partial charge in [-0.2, -0.15) is 13.2 Å². The number of aryl methyl sites for hydroxylation is 1. The Morgan fingerprint density at radius 2 is 1.94 bits per heavy atom. The Bertz CT molecular complexity index is 1410. The topological polar surface area (TPSA) is 71.1 Å². The number of nitrogens with one attached hydrogen (secondary N) is 1. The van der Waals surface area contributed by atoms with Gasteiger partial charge in [-0.05, 0) is 43.5 Å². The number of rotatable bonds is 4. The molecule has 182 valence electrons. The fourth-order valence-electron chi connectivity index (χ4n) is 4.73. The number of hydrogen-bond donors (Lipinski definition) is 1. The van der Waals surface area contributed by atoms with Gasteiger partial charge in [0.25, 0.3) is 5.91 Å². The van der Waals surface area contributed by atoms with E-state index in [2.05, 4.69) is 15.0 Å². The van der Waals surface area contributed by atoms with Crippen LogP contribution in [0.25, 0.3) is 21.5 Å². The third kappa shape index (κ3) is 4.05. The number of imidazole rings is 1. The second-order valence-electron chi connectivity index (χ2n) is 8.64. The van der Waals surface area contributed by atoms with Gasteiger partial charge in [-0.15, -0.1) is 11.3 Å².